The van der Waals surface area contributed by atoms with E-state index in [9.17, 15) is 9.59 Å². The molecule has 0 atom stereocenters. The maximum Gasteiger partial charge on any atom is 0.253 e. The highest BCUT2D eigenvalue weighted by atomic mass is 16.6. The zero-order chi connectivity index (χ0) is 19.9. The van der Waals surface area contributed by atoms with Crippen LogP contribution >= 0.6 is 0 Å². The van der Waals surface area contributed by atoms with Crippen molar-refractivity contribution in [2.75, 3.05) is 79.1 Å². The van der Waals surface area contributed by atoms with E-state index in [0.717, 1.165) is 30.8 Å². The van der Waals surface area contributed by atoms with Crippen molar-refractivity contribution in [2.45, 2.75) is 18.9 Å². The van der Waals surface area contributed by atoms with Gasteiger partial charge in [-0.3, -0.25) is 14.5 Å². The van der Waals surface area contributed by atoms with E-state index in [4.69, 9.17) is 23.7 Å². The molecule has 1 fully saturated rings. The van der Waals surface area contributed by atoms with Crippen LogP contribution in [0.15, 0.2) is 12.2 Å². The van der Waals surface area contributed by atoms with Crippen molar-refractivity contribution in [2.24, 2.45) is 0 Å². The minimum Gasteiger partial charge on any atom is -0.377 e. The number of nitrogens with zero attached hydrogens (tertiary/aromatic N) is 1. The van der Waals surface area contributed by atoms with Crippen LogP contribution in [0.2, 0.25) is 0 Å². The van der Waals surface area contributed by atoms with Crippen LogP contribution in [-0.2, 0) is 33.3 Å². The van der Waals surface area contributed by atoms with E-state index in [-0.39, 0.29) is 18.4 Å². The quantitative estimate of drug-likeness (QED) is 0.280. The van der Waals surface area contributed by atoms with Gasteiger partial charge in [-0.15, -0.1) is 0 Å². The van der Waals surface area contributed by atoms with Crippen LogP contribution in [0.3, 0.4) is 0 Å². The third kappa shape index (κ3) is 9.72. The number of amides is 2. The zero-order valence-electron chi connectivity index (χ0n) is 16.4. The Labute approximate surface area is 166 Å². The maximum atomic E-state index is 11.3. The Kier molecular flexibility index (Phi) is 12.0. The molecule has 1 N–H and O–H groups in total. The van der Waals surface area contributed by atoms with E-state index in [0.29, 0.717) is 65.6 Å². The number of rotatable bonds is 16. The second-order valence-corrected chi connectivity index (χ2v) is 6.43. The fourth-order valence-corrected chi connectivity index (χ4v) is 2.80. The molecule has 0 aliphatic carbocycles. The molecule has 160 valence electrons. The van der Waals surface area contributed by atoms with Crippen molar-refractivity contribution in [1.29, 1.82) is 0 Å². The SMILES string of the molecule is O=C1C=CC(=O)N1CCOCCOCCOCCOCCOC1CCNCC1. The molecule has 2 aliphatic rings. The van der Waals surface area contributed by atoms with Crippen molar-refractivity contribution in [1.82, 2.24) is 10.2 Å². The fraction of sp³-hybridized carbons (Fsp3) is 0.789. The lowest BCUT2D eigenvalue weighted by atomic mass is 10.1. The molecule has 9 heteroatoms. The number of carbonyl (C=O) groups excluding carboxylic acids is 2. The van der Waals surface area contributed by atoms with Crippen LogP contribution in [0, 0.1) is 0 Å². The Hall–Kier alpha value is -1.36. The Morgan fingerprint density at radius 2 is 1.21 bits per heavy atom. The van der Waals surface area contributed by atoms with E-state index in [1.54, 1.807) is 0 Å². The Morgan fingerprint density at radius 1 is 0.750 bits per heavy atom. The summed E-state index contributed by atoms with van der Waals surface area (Å²) in [6, 6.07) is 0. The van der Waals surface area contributed by atoms with Gasteiger partial charge in [0.15, 0.2) is 0 Å². The van der Waals surface area contributed by atoms with E-state index in [1.165, 1.54) is 12.2 Å². The highest BCUT2D eigenvalue weighted by Crippen LogP contribution is 2.06. The van der Waals surface area contributed by atoms with Gasteiger partial charge in [0, 0.05) is 12.2 Å². The lowest BCUT2D eigenvalue weighted by molar-refractivity contribution is -0.137. The predicted octanol–water partition coefficient (Wildman–Crippen LogP) is -0.254. The summed E-state index contributed by atoms with van der Waals surface area (Å²) in [5, 5.41) is 3.31. The Morgan fingerprint density at radius 3 is 1.75 bits per heavy atom. The monoisotopic (exact) mass is 400 g/mol. The van der Waals surface area contributed by atoms with Gasteiger partial charge < -0.3 is 29.0 Å². The molecule has 0 unspecified atom stereocenters. The fourth-order valence-electron chi connectivity index (χ4n) is 2.80. The molecule has 0 aromatic carbocycles. The normalized spacial score (nSPS) is 17.8. The number of hydrogen-bond donors (Lipinski definition) is 1. The zero-order valence-corrected chi connectivity index (χ0v) is 16.4. The summed E-state index contributed by atoms with van der Waals surface area (Å²) >= 11 is 0. The lowest BCUT2D eigenvalue weighted by Crippen LogP contribution is -2.33. The van der Waals surface area contributed by atoms with Gasteiger partial charge in [0.05, 0.1) is 72.1 Å². The molecular weight excluding hydrogens is 368 g/mol. The first-order chi connectivity index (χ1) is 13.8. The van der Waals surface area contributed by atoms with E-state index >= 15 is 0 Å². The molecule has 0 radical (unpaired) electrons. The van der Waals surface area contributed by atoms with Gasteiger partial charge in [-0.2, -0.15) is 0 Å². The van der Waals surface area contributed by atoms with Crippen molar-refractivity contribution in [3.8, 4) is 0 Å². The average Bonchev–Trinajstić information content (AvgIpc) is 3.03. The maximum absolute atomic E-state index is 11.3. The standard InChI is InChI=1S/C19H32N2O7/c22-18-1-2-19(23)21(18)7-8-24-9-10-25-11-12-26-13-14-27-15-16-28-17-3-5-20-6-4-17/h1-2,17,20H,3-16H2. The third-order valence-corrected chi connectivity index (χ3v) is 4.34. The second kappa shape index (κ2) is 14.6. The molecule has 0 spiro atoms. The molecule has 0 aromatic rings. The number of nitrogens with one attached hydrogen (secondary N) is 1. The largest absolute Gasteiger partial charge is 0.377 e. The number of ether oxygens (including phenoxy) is 5. The highest BCUT2D eigenvalue weighted by Gasteiger charge is 2.22. The molecule has 2 amide bonds. The predicted molar refractivity (Wildman–Crippen MR) is 101 cm³/mol. The molecule has 2 rings (SSSR count). The van der Waals surface area contributed by atoms with Gasteiger partial charge in [0.25, 0.3) is 11.8 Å². The van der Waals surface area contributed by atoms with Crippen molar-refractivity contribution >= 4 is 11.8 Å². The van der Waals surface area contributed by atoms with Gasteiger partial charge in [-0.05, 0) is 25.9 Å². The van der Waals surface area contributed by atoms with Crippen LogP contribution in [0.25, 0.3) is 0 Å². The van der Waals surface area contributed by atoms with Gasteiger partial charge in [0.2, 0.25) is 0 Å². The minimum atomic E-state index is -0.291. The molecule has 0 bridgehead atoms. The smallest absolute Gasteiger partial charge is 0.253 e. The number of carbonyl (C=O) groups is 2. The summed E-state index contributed by atoms with van der Waals surface area (Å²) in [6.07, 6.45) is 5.04. The summed E-state index contributed by atoms with van der Waals surface area (Å²) < 4.78 is 27.4. The highest BCUT2D eigenvalue weighted by molar-refractivity contribution is 6.12. The van der Waals surface area contributed by atoms with Crippen molar-refractivity contribution < 1.29 is 33.3 Å². The molecule has 0 saturated carbocycles. The summed E-state index contributed by atoms with van der Waals surface area (Å²) in [5.41, 5.74) is 0. The molecule has 0 aromatic heterocycles. The molecule has 9 nitrogen and oxygen atoms in total. The average molecular weight is 400 g/mol. The number of imide groups is 1. The van der Waals surface area contributed by atoms with Crippen LogP contribution in [0.1, 0.15) is 12.8 Å². The summed E-state index contributed by atoms with van der Waals surface area (Å²) in [7, 11) is 0. The van der Waals surface area contributed by atoms with Gasteiger partial charge in [-0.25, -0.2) is 0 Å². The number of hydrogen-bond acceptors (Lipinski definition) is 8. The lowest BCUT2D eigenvalue weighted by Gasteiger charge is -2.22. The Bertz CT molecular complexity index is 463. The molecule has 2 heterocycles. The van der Waals surface area contributed by atoms with Crippen LogP contribution in [0.5, 0.6) is 0 Å². The molecule has 28 heavy (non-hydrogen) atoms. The third-order valence-electron chi connectivity index (χ3n) is 4.34. The van der Waals surface area contributed by atoms with E-state index in [2.05, 4.69) is 5.32 Å². The van der Waals surface area contributed by atoms with Gasteiger partial charge >= 0.3 is 0 Å². The first-order valence-electron chi connectivity index (χ1n) is 9.94. The molecular formula is C19H32N2O7. The van der Waals surface area contributed by atoms with Crippen LogP contribution in [-0.4, -0.2) is 102 Å². The first-order valence-corrected chi connectivity index (χ1v) is 9.94. The van der Waals surface area contributed by atoms with Gasteiger partial charge in [0.1, 0.15) is 0 Å². The van der Waals surface area contributed by atoms with E-state index in [1.807, 2.05) is 0 Å². The summed E-state index contributed by atoms with van der Waals surface area (Å²) in [6.45, 7) is 6.74. The molecule has 1 saturated heterocycles. The van der Waals surface area contributed by atoms with Crippen LogP contribution in [0.4, 0.5) is 0 Å². The minimum absolute atomic E-state index is 0.261. The topological polar surface area (TPSA) is 95.6 Å². The summed E-state index contributed by atoms with van der Waals surface area (Å²) in [4.78, 5) is 23.8. The first kappa shape index (κ1) is 22.9. The van der Waals surface area contributed by atoms with Crippen LogP contribution < -0.4 is 5.32 Å². The van der Waals surface area contributed by atoms with Gasteiger partial charge in [-0.1, -0.05) is 0 Å². The van der Waals surface area contributed by atoms with Crippen molar-refractivity contribution in [3.05, 3.63) is 12.2 Å². The number of piperidine rings is 1. The Balaban J connectivity index is 1.25. The second-order valence-electron chi connectivity index (χ2n) is 6.43. The van der Waals surface area contributed by atoms with Crippen molar-refractivity contribution in [3.63, 3.8) is 0 Å². The van der Waals surface area contributed by atoms with E-state index < -0.39 is 0 Å². The summed E-state index contributed by atoms with van der Waals surface area (Å²) in [5.74, 6) is -0.583. The molecule has 2 aliphatic heterocycles.